The molecule has 0 aromatic carbocycles. The number of hydrogen-bond acceptors (Lipinski definition) is 8. The van der Waals surface area contributed by atoms with Crippen molar-refractivity contribution in [2.24, 2.45) is 0 Å². The van der Waals surface area contributed by atoms with Crippen molar-refractivity contribution in [1.82, 2.24) is 15.1 Å². The van der Waals surface area contributed by atoms with Crippen LogP contribution in [0.4, 0.5) is 10.3 Å². The predicted molar refractivity (Wildman–Crippen MR) is 74.9 cm³/mol. The smallest absolute Gasteiger partial charge is 0.315 e. The molecule has 2 heterocycles. The van der Waals surface area contributed by atoms with E-state index in [4.69, 9.17) is 0 Å². The first-order chi connectivity index (χ1) is 9.58. The Morgan fingerprint density at radius 1 is 1.30 bits per heavy atom. The summed E-state index contributed by atoms with van der Waals surface area (Å²) in [6.07, 6.45) is -0.320. The maximum atomic E-state index is 11.5. The van der Waals surface area contributed by atoms with Gasteiger partial charge in [0.25, 0.3) is 0 Å². The van der Waals surface area contributed by atoms with E-state index in [-0.39, 0.29) is 6.42 Å². The van der Waals surface area contributed by atoms with Gasteiger partial charge in [0.1, 0.15) is 6.42 Å². The molecule has 20 heavy (non-hydrogen) atoms. The van der Waals surface area contributed by atoms with Crippen LogP contribution in [0.2, 0.25) is 0 Å². The van der Waals surface area contributed by atoms with Gasteiger partial charge in [-0.2, -0.15) is 0 Å². The monoisotopic (exact) mass is 299 g/mol. The minimum absolute atomic E-state index is 0.320. The average molecular weight is 299 g/mol. The van der Waals surface area contributed by atoms with Gasteiger partial charge in [-0.3, -0.25) is 14.9 Å². The molecule has 110 valence electrons. The Morgan fingerprint density at radius 2 is 2.00 bits per heavy atom. The average Bonchev–Trinajstić information content (AvgIpc) is 2.87. The number of rotatable bonds is 4. The van der Waals surface area contributed by atoms with Crippen LogP contribution in [-0.4, -0.2) is 67.3 Å². The number of ether oxygens (including phenoxy) is 1. The van der Waals surface area contributed by atoms with Crippen LogP contribution in [-0.2, 0) is 14.3 Å². The second-order valence-corrected chi connectivity index (χ2v) is 5.44. The van der Waals surface area contributed by atoms with Gasteiger partial charge >= 0.3 is 5.97 Å². The zero-order valence-corrected chi connectivity index (χ0v) is 12.3. The lowest BCUT2D eigenvalue weighted by molar-refractivity contribution is -0.142. The van der Waals surface area contributed by atoms with Crippen LogP contribution in [0.1, 0.15) is 6.42 Å². The summed E-state index contributed by atoms with van der Waals surface area (Å²) in [7, 11) is 3.32. The first kappa shape index (κ1) is 14.7. The van der Waals surface area contributed by atoms with Crippen LogP contribution in [0.3, 0.4) is 0 Å². The summed E-state index contributed by atoms with van der Waals surface area (Å²) in [5.41, 5.74) is 0. The molecule has 1 aliphatic rings. The number of esters is 1. The van der Waals surface area contributed by atoms with E-state index in [0.29, 0.717) is 5.13 Å². The van der Waals surface area contributed by atoms with Gasteiger partial charge in [0.15, 0.2) is 0 Å². The van der Waals surface area contributed by atoms with E-state index in [1.165, 1.54) is 18.4 Å². The molecule has 1 amide bonds. The molecule has 9 heteroatoms. The molecule has 0 spiro atoms. The molecular weight excluding hydrogens is 282 g/mol. The molecule has 1 aromatic heterocycles. The van der Waals surface area contributed by atoms with Gasteiger partial charge in [0.2, 0.25) is 16.2 Å². The highest BCUT2D eigenvalue weighted by Gasteiger charge is 2.19. The molecule has 8 nitrogen and oxygen atoms in total. The lowest BCUT2D eigenvalue weighted by Gasteiger charge is -2.31. The van der Waals surface area contributed by atoms with Crippen LogP contribution in [0, 0.1) is 0 Å². The van der Waals surface area contributed by atoms with Crippen LogP contribution in [0.5, 0.6) is 0 Å². The highest BCUT2D eigenvalue weighted by Crippen LogP contribution is 2.24. The Morgan fingerprint density at radius 3 is 2.65 bits per heavy atom. The summed E-state index contributed by atoms with van der Waals surface area (Å²) in [6, 6.07) is 0. The number of likely N-dealkylation sites (N-methyl/N-ethyl adjacent to an activating group) is 1. The van der Waals surface area contributed by atoms with Crippen molar-refractivity contribution in [2.75, 3.05) is 50.6 Å². The SMILES string of the molecule is COC(=O)CC(=O)Nc1nnc(N2CCN(C)CC2)s1. The molecule has 1 aliphatic heterocycles. The second-order valence-electron chi connectivity index (χ2n) is 4.48. The van der Waals surface area contributed by atoms with Crippen LogP contribution in [0.25, 0.3) is 0 Å². The van der Waals surface area contributed by atoms with E-state index in [0.717, 1.165) is 31.3 Å². The number of aromatic nitrogens is 2. The maximum Gasteiger partial charge on any atom is 0.315 e. The fourth-order valence-electron chi connectivity index (χ4n) is 1.76. The molecule has 0 radical (unpaired) electrons. The van der Waals surface area contributed by atoms with Crippen molar-refractivity contribution in [3.63, 3.8) is 0 Å². The fraction of sp³-hybridized carbons (Fsp3) is 0.636. The molecule has 0 atom stereocenters. The summed E-state index contributed by atoms with van der Waals surface area (Å²) >= 11 is 1.30. The summed E-state index contributed by atoms with van der Waals surface area (Å²) in [5.74, 6) is -1.02. The molecule has 1 saturated heterocycles. The lowest BCUT2D eigenvalue weighted by atomic mass is 10.3. The molecule has 0 aliphatic carbocycles. The Hall–Kier alpha value is -1.74. The Balaban J connectivity index is 1.89. The summed E-state index contributed by atoms with van der Waals surface area (Å²) in [4.78, 5) is 26.9. The van der Waals surface area contributed by atoms with E-state index in [1.807, 2.05) is 0 Å². The van der Waals surface area contributed by atoms with Gasteiger partial charge in [-0.1, -0.05) is 11.3 Å². The zero-order valence-electron chi connectivity index (χ0n) is 11.5. The third kappa shape index (κ3) is 3.87. The molecule has 1 aromatic rings. The third-order valence-corrected chi connectivity index (χ3v) is 3.87. The van der Waals surface area contributed by atoms with Crippen molar-refractivity contribution in [1.29, 1.82) is 0 Å². The van der Waals surface area contributed by atoms with Crippen molar-refractivity contribution >= 4 is 33.5 Å². The van der Waals surface area contributed by atoms with Crippen molar-refractivity contribution in [2.45, 2.75) is 6.42 Å². The maximum absolute atomic E-state index is 11.5. The van der Waals surface area contributed by atoms with Gasteiger partial charge < -0.3 is 14.5 Å². The zero-order chi connectivity index (χ0) is 14.5. The highest BCUT2D eigenvalue weighted by atomic mass is 32.1. The number of hydrogen-bond donors (Lipinski definition) is 1. The standard InChI is InChI=1S/C11H17N5O3S/c1-15-3-5-16(6-4-15)11-14-13-10(20-11)12-8(17)7-9(18)19-2/h3-7H2,1-2H3,(H,12,13,17). The summed E-state index contributed by atoms with van der Waals surface area (Å²) in [6.45, 7) is 3.73. The van der Waals surface area contributed by atoms with E-state index >= 15 is 0 Å². The number of nitrogens with zero attached hydrogens (tertiary/aromatic N) is 4. The topological polar surface area (TPSA) is 87.7 Å². The minimum Gasteiger partial charge on any atom is -0.469 e. The molecular formula is C11H17N5O3S. The molecule has 2 rings (SSSR count). The van der Waals surface area contributed by atoms with E-state index < -0.39 is 11.9 Å². The van der Waals surface area contributed by atoms with Crippen LogP contribution >= 0.6 is 11.3 Å². The van der Waals surface area contributed by atoms with Crippen molar-refractivity contribution in [3.05, 3.63) is 0 Å². The van der Waals surface area contributed by atoms with Crippen LogP contribution in [0.15, 0.2) is 0 Å². The van der Waals surface area contributed by atoms with Gasteiger partial charge in [0.05, 0.1) is 7.11 Å². The fourth-order valence-corrected chi connectivity index (χ4v) is 2.57. The third-order valence-electron chi connectivity index (χ3n) is 2.97. The highest BCUT2D eigenvalue weighted by molar-refractivity contribution is 7.19. The summed E-state index contributed by atoms with van der Waals surface area (Å²) in [5, 5.41) is 11.7. The van der Waals surface area contributed by atoms with E-state index in [9.17, 15) is 9.59 Å². The first-order valence-electron chi connectivity index (χ1n) is 6.22. The molecule has 0 saturated carbocycles. The van der Waals surface area contributed by atoms with Gasteiger partial charge in [0, 0.05) is 26.2 Å². The number of carbonyl (C=O) groups is 2. The number of carbonyl (C=O) groups excluding carboxylic acids is 2. The van der Waals surface area contributed by atoms with Gasteiger partial charge in [-0.15, -0.1) is 10.2 Å². The Labute approximate surface area is 120 Å². The minimum atomic E-state index is -0.577. The van der Waals surface area contributed by atoms with Crippen molar-refractivity contribution < 1.29 is 14.3 Å². The first-order valence-corrected chi connectivity index (χ1v) is 7.04. The molecule has 1 N–H and O–H groups in total. The normalized spacial score (nSPS) is 16.0. The number of nitrogens with one attached hydrogen (secondary N) is 1. The Bertz CT molecular complexity index is 484. The quantitative estimate of drug-likeness (QED) is 0.608. The largest absolute Gasteiger partial charge is 0.469 e. The number of amides is 1. The molecule has 0 bridgehead atoms. The predicted octanol–water partition coefficient (Wildman–Crippen LogP) is -0.209. The summed E-state index contributed by atoms with van der Waals surface area (Å²) < 4.78 is 4.42. The second kappa shape index (κ2) is 6.62. The molecule has 0 unspecified atom stereocenters. The van der Waals surface area contributed by atoms with Crippen molar-refractivity contribution in [3.8, 4) is 0 Å². The van der Waals surface area contributed by atoms with Crippen LogP contribution < -0.4 is 10.2 Å². The van der Waals surface area contributed by atoms with Gasteiger partial charge in [-0.25, -0.2) is 0 Å². The number of anilines is 2. The van der Waals surface area contributed by atoms with Gasteiger partial charge in [-0.05, 0) is 7.05 Å². The number of methoxy groups -OCH3 is 1. The van der Waals surface area contributed by atoms with E-state index in [2.05, 4.69) is 37.1 Å². The number of piperazine rings is 1. The Kier molecular flexibility index (Phi) is 4.85. The lowest BCUT2D eigenvalue weighted by Crippen LogP contribution is -2.44. The van der Waals surface area contributed by atoms with E-state index in [1.54, 1.807) is 0 Å². The molecule has 1 fully saturated rings.